The highest BCUT2D eigenvalue weighted by molar-refractivity contribution is 5.92. The van der Waals surface area contributed by atoms with Crippen molar-refractivity contribution in [2.75, 3.05) is 11.9 Å². The molecule has 0 spiro atoms. The molecular weight excluding hydrogens is 636 g/mol. The lowest BCUT2D eigenvalue weighted by Gasteiger charge is -2.24. The summed E-state index contributed by atoms with van der Waals surface area (Å²) in [6.45, 7) is 2.89. The Morgan fingerprint density at radius 3 is 1.90 bits per heavy atom. The zero-order chi connectivity index (χ0) is 34.5. The Kier molecular flexibility index (Phi) is 9.53. The fraction of sp³-hybridized carbons (Fsp3) is 0.235. The van der Waals surface area contributed by atoms with Crippen LogP contribution in [0.15, 0.2) is 95.8 Å². The van der Waals surface area contributed by atoms with Gasteiger partial charge in [-0.2, -0.15) is 9.67 Å². The number of aromatic amines is 1. The van der Waals surface area contributed by atoms with E-state index in [4.69, 9.17) is 18.9 Å². The number of carbonyl (C=O) groups is 4. The van der Waals surface area contributed by atoms with Crippen molar-refractivity contribution >= 4 is 40.9 Å². The number of ether oxygens (including phenoxy) is 4. The van der Waals surface area contributed by atoms with Crippen molar-refractivity contribution < 1.29 is 38.1 Å². The molecule has 3 aromatic carbocycles. The van der Waals surface area contributed by atoms with Gasteiger partial charge in [0.15, 0.2) is 29.6 Å². The van der Waals surface area contributed by atoms with Gasteiger partial charge in [0, 0.05) is 5.92 Å². The third kappa shape index (κ3) is 7.21. The number of hydrogen-bond acceptors (Lipinski definition) is 12. The van der Waals surface area contributed by atoms with E-state index >= 15 is 0 Å². The van der Waals surface area contributed by atoms with Crippen molar-refractivity contribution in [1.29, 1.82) is 0 Å². The summed E-state index contributed by atoms with van der Waals surface area (Å²) in [4.78, 5) is 71.9. The average Bonchev–Trinajstić information content (AvgIpc) is 3.69. The predicted molar refractivity (Wildman–Crippen MR) is 171 cm³/mol. The SMILES string of the molecule is CC(C)C(=O)Nc1nc2c(nnn2[C@@H]2O[C@H](COC(=O)c3ccccc3)[C@@H](OC(=O)c3ccccc3)[C@H]2OC(=O)c2ccccc2)c(=O)[nH]1. The fourth-order valence-electron chi connectivity index (χ4n) is 4.99. The molecule has 6 rings (SSSR count). The number of aromatic nitrogens is 5. The minimum absolute atomic E-state index is 0.136. The minimum Gasteiger partial charge on any atom is -0.459 e. The second-order valence-corrected chi connectivity index (χ2v) is 11.3. The molecule has 4 atom stereocenters. The fourth-order valence-corrected chi connectivity index (χ4v) is 4.99. The van der Waals surface area contributed by atoms with Crippen LogP contribution in [0, 0.1) is 5.92 Å². The van der Waals surface area contributed by atoms with Gasteiger partial charge in [0.2, 0.25) is 11.9 Å². The van der Waals surface area contributed by atoms with Crippen LogP contribution in [0.1, 0.15) is 51.1 Å². The second-order valence-electron chi connectivity index (χ2n) is 11.3. The first-order valence-corrected chi connectivity index (χ1v) is 15.3. The first kappa shape index (κ1) is 32.7. The predicted octanol–water partition coefficient (Wildman–Crippen LogP) is 3.31. The molecule has 1 saturated heterocycles. The molecule has 0 bridgehead atoms. The van der Waals surface area contributed by atoms with Crippen molar-refractivity contribution in [3.8, 4) is 0 Å². The first-order valence-electron chi connectivity index (χ1n) is 15.3. The Morgan fingerprint density at radius 1 is 0.816 bits per heavy atom. The van der Waals surface area contributed by atoms with Gasteiger partial charge in [-0.1, -0.05) is 73.7 Å². The van der Waals surface area contributed by atoms with E-state index < -0.39 is 66.4 Å². The molecule has 1 amide bonds. The zero-order valence-electron chi connectivity index (χ0n) is 26.2. The number of H-pyrrole nitrogens is 1. The van der Waals surface area contributed by atoms with Gasteiger partial charge in [-0.15, -0.1) is 5.10 Å². The number of rotatable bonds is 10. The van der Waals surface area contributed by atoms with Gasteiger partial charge in [0.05, 0.1) is 16.7 Å². The second kappa shape index (κ2) is 14.3. The topological polar surface area (TPSA) is 194 Å². The summed E-state index contributed by atoms with van der Waals surface area (Å²) in [5.74, 6) is -3.27. The van der Waals surface area contributed by atoms with E-state index in [0.717, 1.165) is 4.68 Å². The lowest BCUT2D eigenvalue weighted by atomic mass is 10.1. The van der Waals surface area contributed by atoms with Crippen molar-refractivity contribution in [1.82, 2.24) is 25.0 Å². The minimum atomic E-state index is -1.43. The number of fused-ring (bicyclic) bond motifs is 1. The molecule has 1 fully saturated rings. The zero-order valence-corrected chi connectivity index (χ0v) is 26.2. The monoisotopic (exact) mass is 666 g/mol. The molecule has 2 aromatic heterocycles. The van der Waals surface area contributed by atoms with Gasteiger partial charge in [0.25, 0.3) is 5.56 Å². The summed E-state index contributed by atoms with van der Waals surface area (Å²) in [5, 5.41) is 10.6. The first-order chi connectivity index (χ1) is 23.7. The highest BCUT2D eigenvalue weighted by Gasteiger charge is 2.52. The lowest BCUT2D eigenvalue weighted by Crippen LogP contribution is -2.41. The smallest absolute Gasteiger partial charge is 0.338 e. The van der Waals surface area contributed by atoms with Gasteiger partial charge in [-0.05, 0) is 36.4 Å². The Morgan fingerprint density at radius 2 is 1.35 bits per heavy atom. The quantitative estimate of drug-likeness (QED) is 0.163. The molecule has 0 saturated carbocycles. The molecule has 250 valence electrons. The van der Waals surface area contributed by atoms with Crippen molar-refractivity contribution in [3.05, 3.63) is 118 Å². The molecule has 49 heavy (non-hydrogen) atoms. The van der Waals surface area contributed by atoms with Gasteiger partial charge < -0.3 is 18.9 Å². The number of esters is 3. The largest absolute Gasteiger partial charge is 0.459 e. The summed E-state index contributed by atoms with van der Waals surface area (Å²) in [5.41, 5.74) is -0.413. The normalized spacial score (nSPS) is 18.6. The van der Waals surface area contributed by atoms with E-state index in [1.807, 2.05) is 0 Å². The number of nitrogens with zero attached hydrogens (tertiary/aromatic N) is 4. The summed E-state index contributed by atoms with van der Waals surface area (Å²) < 4.78 is 24.8. The number of benzene rings is 3. The molecule has 1 aliphatic heterocycles. The van der Waals surface area contributed by atoms with E-state index in [2.05, 4.69) is 25.6 Å². The molecule has 15 nitrogen and oxygen atoms in total. The van der Waals surface area contributed by atoms with Crippen LogP contribution >= 0.6 is 0 Å². The molecule has 0 unspecified atom stereocenters. The van der Waals surface area contributed by atoms with Crippen molar-refractivity contribution in [3.63, 3.8) is 0 Å². The number of amides is 1. The van der Waals surface area contributed by atoms with E-state index in [1.54, 1.807) is 92.7 Å². The summed E-state index contributed by atoms with van der Waals surface area (Å²) in [6, 6.07) is 24.4. The van der Waals surface area contributed by atoms with Crippen LogP contribution < -0.4 is 10.9 Å². The number of nitrogens with one attached hydrogen (secondary N) is 2. The van der Waals surface area contributed by atoms with Crippen LogP contribution in [-0.4, -0.2) is 73.7 Å². The molecule has 2 N–H and O–H groups in total. The average molecular weight is 667 g/mol. The maximum Gasteiger partial charge on any atom is 0.338 e. The van der Waals surface area contributed by atoms with Gasteiger partial charge in [-0.3, -0.25) is 19.9 Å². The number of carbonyl (C=O) groups excluding carboxylic acids is 4. The highest BCUT2D eigenvalue weighted by Crippen LogP contribution is 2.36. The van der Waals surface area contributed by atoms with Crippen molar-refractivity contribution in [2.45, 2.75) is 38.4 Å². The Balaban J connectivity index is 1.41. The third-order valence-electron chi connectivity index (χ3n) is 7.52. The molecule has 15 heteroatoms. The van der Waals surface area contributed by atoms with E-state index in [1.165, 1.54) is 12.1 Å². The molecular formula is C34H30N6O9. The van der Waals surface area contributed by atoms with Gasteiger partial charge >= 0.3 is 17.9 Å². The van der Waals surface area contributed by atoms with Crippen LogP contribution in [0.5, 0.6) is 0 Å². The van der Waals surface area contributed by atoms with Crippen LogP contribution in [-0.2, 0) is 23.7 Å². The van der Waals surface area contributed by atoms with Gasteiger partial charge in [-0.25, -0.2) is 14.4 Å². The summed E-state index contributed by atoms with van der Waals surface area (Å²) >= 11 is 0. The number of hydrogen-bond donors (Lipinski definition) is 2. The van der Waals surface area contributed by atoms with E-state index in [-0.39, 0.29) is 33.8 Å². The van der Waals surface area contributed by atoms with Crippen molar-refractivity contribution in [2.24, 2.45) is 5.92 Å². The molecule has 3 heterocycles. The van der Waals surface area contributed by atoms with E-state index in [9.17, 15) is 24.0 Å². The maximum atomic E-state index is 13.5. The van der Waals surface area contributed by atoms with E-state index in [0.29, 0.717) is 0 Å². The van der Waals surface area contributed by atoms with Gasteiger partial charge in [0.1, 0.15) is 12.7 Å². The summed E-state index contributed by atoms with van der Waals surface area (Å²) in [6.07, 6.45) is -5.41. The lowest BCUT2D eigenvalue weighted by molar-refractivity contribution is -0.118. The Bertz CT molecular complexity index is 2030. The highest BCUT2D eigenvalue weighted by atomic mass is 16.7. The molecule has 0 aliphatic carbocycles. The van der Waals surface area contributed by atoms with Crippen LogP contribution in [0.4, 0.5) is 5.95 Å². The maximum absolute atomic E-state index is 13.5. The standard InChI is InChI=1S/C34H30N6O9/c1-19(2)28(41)36-34-35-27-24(29(42)37-34)38-39-40(27)30-26(49-33(45)22-16-10-5-11-17-22)25(48-32(44)21-14-8-4-9-15-21)23(47-30)18-46-31(43)20-12-6-3-7-13-20/h3-17,19,23,25-26,30H,18H2,1-2H3,(H2,35,36,37,41,42)/t23-,25-,26-,30-/m1/s1. The van der Waals surface area contributed by atoms with Crippen LogP contribution in [0.2, 0.25) is 0 Å². The van der Waals surface area contributed by atoms with Crippen LogP contribution in [0.25, 0.3) is 11.2 Å². The summed E-state index contributed by atoms with van der Waals surface area (Å²) in [7, 11) is 0. The molecule has 1 aliphatic rings. The Labute approximate surface area is 278 Å². The molecule has 5 aromatic rings. The Hall–Kier alpha value is -6.22. The third-order valence-corrected chi connectivity index (χ3v) is 7.52. The number of anilines is 1. The van der Waals surface area contributed by atoms with Crippen LogP contribution in [0.3, 0.4) is 0 Å². The molecule has 0 radical (unpaired) electrons.